The first-order chi connectivity index (χ1) is 43.4. The van der Waals surface area contributed by atoms with Crippen molar-refractivity contribution in [2.75, 3.05) is 16.0 Å². The minimum absolute atomic E-state index is 0.0560. The summed E-state index contributed by atoms with van der Waals surface area (Å²) in [5.74, 6) is 4.47. The van der Waals surface area contributed by atoms with Crippen LogP contribution in [-0.4, -0.2) is 63.1 Å². The van der Waals surface area contributed by atoms with E-state index >= 15 is 0 Å². The quantitative estimate of drug-likeness (QED) is 0.117. The minimum atomic E-state index is 0.0560. The molecule has 0 aliphatic rings. The summed E-state index contributed by atoms with van der Waals surface area (Å²) in [4.78, 5) is 22.5. The molecule has 8 heterocycles. The lowest BCUT2D eigenvalue weighted by atomic mass is 9.92. The van der Waals surface area contributed by atoms with Gasteiger partial charge in [0.1, 0.15) is 18.3 Å². The van der Waals surface area contributed by atoms with Gasteiger partial charge >= 0.3 is 0 Å². The second kappa shape index (κ2) is 37.5. The van der Waals surface area contributed by atoms with Gasteiger partial charge in [-0.3, -0.25) is 4.68 Å². The fourth-order valence-corrected chi connectivity index (χ4v) is 10.3. The molecule has 19 heteroatoms. The molecule has 8 aromatic rings. The van der Waals surface area contributed by atoms with Crippen molar-refractivity contribution in [2.24, 2.45) is 0 Å². The summed E-state index contributed by atoms with van der Waals surface area (Å²) in [5, 5.41) is 31.7. The van der Waals surface area contributed by atoms with Crippen LogP contribution in [0.25, 0.3) is 0 Å². The Kier molecular flexibility index (Phi) is 34.5. The largest absolute Gasteiger partial charge is 0.448 e. The van der Waals surface area contributed by atoms with Gasteiger partial charge in [0.05, 0.1) is 55.4 Å². The van der Waals surface area contributed by atoms with Gasteiger partial charge in [-0.15, -0.1) is 34.0 Å². The van der Waals surface area contributed by atoms with Gasteiger partial charge in [0, 0.05) is 114 Å². The lowest BCUT2D eigenvalue weighted by Crippen LogP contribution is -2.21. The summed E-state index contributed by atoms with van der Waals surface area (Å²) in [6, 6.07) is 7.74. The van der Waals surface area contributed by atoms with Crippen LogP contribution in [0, 0.1) is 0 Å². The van der Waals surface area contributed by atoms with Gasteiger partial charge in [-0.2, -0.15) is 10.1 Å². The first-order valence-corrected chi connectivity index (χ1v) is 37.1. The predicted molar refractivity (Wildman–Crippen MR) is 413 cm³/mol. The van der Waals surface area contributed by atoms with E-state index in [1.807, 2.05) is 29.1 Å². The zero-order valence-corrected chi connectivity index (χ0v) is 69.6. The average Bonchev–Trinajstić information content (AvgIpc) is 1.80. The molecule has 0 saturated carbocycles. The lowest BCUT2D eigenvalue weighted by molar-refractivity contribution is 0.354. The number of nitrogens with one attached hydrogen (secondary N) is 3. The van der Waals surface area contributed by atoms with Crippen molar-refractivity contribution in [3.05, 3.63) is 121 Å². The van der Waals surface area contributed by atoms with Gasteiger partial charge in [-0.1, -0.05) is 211 Å². The van der Waals surface area contributed by atoms with Crippen LogP contribution >= 0.6 is 34.0 Å². The van der Waals surface area contributed by atoms with Crippen LogP contribution in [0.1, 0.15) is 348 Å². The summed E-state index contributed by atoms with van der Waals surface area (Å²) in [6.45, 7) is 81.2. The molecule has 0 fully saturated rings. The van der Waals surface area contributed by atoms with Gasteiger partial charge in [0.2, 0.25) is 5.88 Å². The second-order valence-corrected chi connectivity index (χ2v) is 37.5. The molecule has 0 atom stereocenters. The van der Waals surface area contributed by atoms with Crippen molar-refractivity contribution >= 4 is 51.0 Å². The van der Waals surface area contributed by atoms with E-state index in [4.69, 9.17) is 17.9 Å². The Balaban J connectivity index is 0.000000549. The summed E-state index contributed by atoms with van der Waals surface area (Å²) >= 11 is 5.23. The molecule has 96 heavy (non-hydrogen) atoms. The van der Waals surface area contributed by atoms with E-state index in [1.54, 1.807) is 52.7 Å². The van der Waals surface area contributed by atoms with Crippen LogP contribution < -0.4 is 16.0 Å². The molecular weight excluding hydrogens is 1250 g/mol. The number of nitrogens with zero attached hydrogens (tertiary/aromatic N) is 9. The molecule has 0 spiro atoms. The maximum Gasteiger partial charge on any atom is 0.294 e. The normalized spacial score (nSPS) is 12.3. The molecule has 0 aliphatic carbocycles. The van der Waals surface area contributed by atoms with Crippen molar-refractivity contribution in [2.45, 2.75) is 348 Å². The van der Waals surface area contributed by atoms with E-state index in [0.29, 0.717) is 47.8 Å². The van der Waals surface area contributed by atoms with Gasteiger partial charge in [0.25, 0.3) is 6.01 Å². The lowest BCUT2D eigenvalue weighted by Gasteiger charge is -2.18. The maximum atomic E-state index is 5.34. The fraction of sp³-hybridized carbons (Fsp3) is 0.688. The zero-order chi connectivity index (χ0) is 74.5. The number of thiazole rings is 3. The first-order valence-electron chi connectivity index (χ1n) is 34.5. The zero-order valence-electron chi connectivity index (χ0n) is 67.2. The smallest absolute Gasteiger partial charge is 0.294 e. The number of hydrogen-bond donors (Lipinski definition) is 3. The molecule has 8 aromatic heterocycles. The Hall–Kier alpha value is -5.66. The first kappa shape index (κ1) is 88.4. The summed E-state index contributed by atoms with van der Waals surface area (Å²) in [6.07, 6.45) is 7.24. The third-order valence-corrected chi connectivity index (χ3v) is 16.7. The fourth-order valence-electron chi connectivity index (χ4n) is 7.11. The number of rotatable bonds is 10. The van der Waals surface area contributed by atoms with Crippen molar-refractivity contribution in [1.82, 2.24) is 45.0 Å². The van der Waals surface area contributed by atoms with Crippen LogP contribution in [0.2, 0.25) is 0 Å². The number of aromatic nitrogens is 9. The monoisotopic (exact) mass is 1390 g/mol. The second-order valence-electron chi connectivity index (χ2n) is 34.9. The number of anilines is 3. The Bertz CT molecular complexity index is 2980. The molecule has 0 radical (unpaired) electrons. The highest BCUT2D eigenvalue weighted by atomic mass is 32.1. The van der Waals surface area contributed by atoms with Crippen LogP contribution in [0.5, 0.6) is 0 Å². The third kappa shape index (κ3) is 34.2. The van der Waals surface area contributed by atoms with E-state index in [-0.39, 0.29) is 43.4 Å². The van der Waals surface area contributed by atoms with Gasteiger partial charge in [0.15, 0.2) is 11.0 Å². The van der Waals surface area contributed by atoms with Crippen LogP contribution in [-0.2, 0) is 43.4 Å². The number of oxazole rings is 2. The highest BCUT2D eigenvalue weighted by Crippen LogP contribution is 2.32. The molecule has 16 nitrogen and oxygen atoms in total. The van der Waals surface area contributed by atoms with E-state index in [2.05, 4.69) is 336 Å². The van der Waals surface area contributed by atoms with Crippen molar-refractivity contribution in [1.29, 1.82) is 0 Å². The standard InChI is InChI=1S/2C10H18N2O.C10H18N2S.2C10H17NO.2C10H17NS.C7H12N2/c1-7(2)11-9-12-8(6-13-9)10(3,4)5;1-7(2)11-9-6-8(12-13-9)10(3,4)5;1-7(2)11-9-12-8(6-13-9)10(3,4)5;1-7(2)9-11-8(6-12-9)10(3,4)5;1-7(2)8-6-9(11-12-8)10(3,4)5;1-7(2)9-11-8(6-12-9)10(3,4)5;1-7(2)8-6-12-9(11-8)10(3,4)5;1-7(2,3)9-6-4-5-8-9/h6-7H,1-5H3,(H,11,12);6-7,11H,1-5H3;6-7H,1-5H3,(H,11,12);4*6-7H,1-5H3;4-6H,1-3H3. The molecule has 8 rings (SSSR count). The molecule has 0 aromatic carbocycles. The molecule has 544 valence electrons. The average molecular weight is 1390 g/mol. The number of hydrogen-bond acceptors (Lipinski definition) is 18. The molecule has 3 N–H and O–H groups in total. The van der Waals surface area contributed by atoms with Crippen molar-refractivity contribution < 1.29 is 17.9 Å². The molecule has 0 saturated heterocycles. The van der Waals surface area contributed by atoms with Gasteiger partial charge in [-0.05, 0) is 74.3 Å². The Morgan fingerprint density at radius 1 is 0.406 bits per heavy atom. The van der Waals surface area contributed by atoms with Crippen molar-refractivity contribution in [3.8, 4) is 0 Å². The Morgan fingerprint density at radius 3 is 1.18 bits per heavy atom. The molecular formula is C77H134N12O4S3. The van der Waals surface area contributed by atoms with Crippen LogP contribution in [0.3, 0.4) is 0 Å². The Morgan fingerprint density at radius 2 is 0.875 bits per heavy atom. The van der Waals surface area contributed by atoms with Crippen LogP contribution in [0.4, 0.5) is 17.0 Å². The maximum absolute atomic E-state index is 5.34. The van der Waals surface area contributed by atoms with E-state index in [9.17, 15) is 0 Å². The Labute approximate surface area is 595 Å². The SMILES string of the molecule is CC(C)(C)n1cccn1.CC(C)Nc1cc(C(C)(C)C)no1.CC(C)Nc1nc(C(C)(C)C)co1.CC(C)Nc1nc(C(C)(C)C)cs1.CC(C)c1cc(C(C)(C)C)no1.CC(C)c1csc(C(C)(C)C)n1.CC(C)c1nc(C(C)(C)C)co1.CC(C)c1nc(C(C)(C)C)cs1. The molecule has 0 aliphatic heterocycles. The van der Waals surface area contributed by atoms with Gasteiger partial charge in [-0.25, -0.2) is 19.9 Å². The summed E-state index contributed by atoms with van der Waals surface area (Å²) in [5.41, 5.74) is 8.64. The van der Waals surface area contributed by atoms with Crippen molar-refractivity contribution in [3.63, 3.8) is 0 Å². The van der Waals surface area contributed by atoms with Crippen LogP contribution in [0.15, 0.2) is 77.1 Å². The third-order valence-electron chi connectivity index (χ3n) is 13.5. The summed E-state index contributed by atoms with van der Waals surface area (Å²) < 4.78 is 22.9. The van der Waals surface area contributed by atoms with E-state index < -0.39 is 0 Å². The van der Waals surface area contributed by atoms with E-state index in [1.165, 1.54) is 27.1 Å². The minimum Gasteiger partial charge on any atom is -0.448 e. The topological polar surface area (TPSA) is 197 Å². The molecule has 0 unspecified atom stereocenters. The molecule has 0 bridgehead atoms. The summed E-state index contributed by atoms with van der Waals surface area (Å²) in [7, 11) is 0. The highest BCUT2D eigenvalue weighted by molar-refractivity contribution is 7.13. The van der Waals surface area contributed by atoms with E-state index in [0.717, 1.165) is 45.4 Å². The highest BCUT2D eigenvalue weighted by Gasteiger charge is 2.24. The van der Waals surface area contributed by atoms with Gasteiger partial charge < -0.3 is 33.8 Å². The molecule has 0 amide bonds. The predicted octanol–water partition coefficient (Wildman–Crippen LogP) is 23.8.